The first-order chi connectivity index (χ1) is 10.3. The predicted molar refractivity (Wildman–Crippen MR) is 86.8 cm³/mol. The fraction of sp³-hybridized carbons (Fsp3) is 0.562. The van der Waals surface area contributed by atoms with Crippen LogP contribution in [0, 0.1) is 5.92 Å². The molecule has 1 amide bonds. The number of sulfone groups is 1. The lowest BCUT2D eigenvalue weighted by atomic mass is 10.1. The Hall–Kier alpha value is -1.56. The first-order valence-electron chi connectivity index (χ1n) is 7.43. The summed E-state index contributed by atoms with van der Waals surface area (Å²) in [5, 5.41) is 0. The summed E-state index contributed by atoms with van der Waals surface area (Å²) in [7, 11) is -1.44. The number of ether oxygens (including phenoxy) is 1. The highest BCUT2D eigenvalue weighted by atomic mass is 32.2. The molecule has 124 valence electrons. The molecule has 5 nitrogen and oxygen atoms in total. The first-order valence-corrected chi connectivity index (χ1v) is 9.32. The maximum absolute atomic E-state index is 11.9. The largest absolute Gasteiger partial charge is 0.493 e. The van der Waals surface area contributed by atoms with Gasteiger partial charge in [-0.2, -0.15) is 0 Å². The highest BCUT2D eigenvalue weighted by molar-refractivity contribution is 7.90. The minimum atomic E-state index is -3.23. The fourth-order valence-corrected chi connectivity index (χ4v) is 2.60. The maximum Gasteiger partial charge on any atom is 0.225 e. The minimum absolute atomic E-state index is 0.0392. The van der Waals surface area contributed by atoms with Gasteiger partial charge in [-0.1, -0.05) is 19.9 Å². The van der Waals surface area contributed by atoms with Gasteiger partial charge >= 0.3 is 0 Å². The quantitative estimate of drug-likeness (QED) is 0.688. The molecule has 0 saturated heterocycles. The molecular formula is C16H25NO4S. The van der Waals surface area contributed by atoms with E-state index in [-0.39, 0.29) is 16.7 Å². The van der Waals surface area contributed by atoms with Crippen molar-refractivity contribution in [3.8, 4) is 5.75 Å². The van der Waals surface area contributed by atoms with E-state index < -0.39 is 9.84 Å². The van der Waals surface area contributed by atoms with Gasteiger partial charge in [-0.3, -0.25) is 4.79 Å². The summed E-state index contributed by atoms with van der Waals surface area (Å²) in [5.74, 6) is 0.706. The van der Waals surface area contributed by atoms with Gasteiger partial charge in [-0.05, 0) is 31.0 Å². The summed E-state index contributed by atoms with van der Waals surface area (Å²) in [6.45, 7) is 4.97. The number of hydrogen-bond donors (Lipinski definition) is 0. The van der Waals surface area contributed by atoms with Crippen LogP contribution in [0.15, 0.2) is 29.2 Å². The zero-order chi connectivity index (χ0) is 16.8. The van der Waals surface area contributed by atoms with Crippen LogP contribution in [0.2, 0.25) is 0 Å². The number of carbonyl (C=O) groups is 1. The second kappa shape index (κ2) is 8.17. The molecule has 0 heterocycles. The van der Waals surface area contributed by atoms with Gasteiger partial charge < -0.3 is 9.64 Å². The number of rotatable bonds is 8. The third kappa shape index (κ3) is 5.67. The Morgan fingerprint density at radius 1 is 1.36 bits per heavy atom. The molecule has 0 fully saturated rings. The average molecular weight is 327 g/mol. The first kappa shape index (κ1) is 18.5. The van der Waals surface area contributed by atoms with Gasteiger partial charge in [0.25, 0.3) is 0 Å². The van der Waals surface area contributed by atoms with Crippen LogP contribution in [0.25, 0.3) is 0 Å². The van der Waals surface area contributed by atoms with Gasteiger partial charge in [0.05, 0.1) is 11.5 Å². The predicted octanol–water partition coefficient (Wildman–Crippen LogP) is 2.36. The van der Waals surface area contributed by atoms with Crippen molar-refractivity contribution in [2.24, 2.45) is 5.92 Å². The summed E-state index contributed by atoms with van der Waals surface area (Å²) in [4.78, 5) is 13.9. The normalized spacial score (nSPS) is 12.7. The third-order valence-electron chi connectivity index (χ3n) is 3.55. The molecule has 0 aliphatic carbocycles. The smallest absolute Gasteiger partial charge is 0.225 e. The Balaban J connectivity index is 2.44. The molecule has 0 N–H and O–H groups in total. The van der Waals surface area contributed by atoms with E-state index in [4.69, 9.17) is 4.74 Å². The van der Waals surface area contributed by atoms with Crippen LogP contribution in [-0.2, 0) is 14.6 Å². The van der Waals surface area contributed by atoms with Crippen molar-refractivity contribution in [2.75, 3.05) is 26.5 Å². The van der Waals surface area contributed by atoms with Crippen LogP contribution >= 0.6 is 0 Å². The molecule has 0 aliphatic heterocycles. The monoisotopic (exact) mass is 327 g/mol. The number of nitrogens with zero attached hydrogens (tertiary/aromatic N) is 1. The molecule has 0 radical (unpaired) electrons. The summed E-state index contributed by atoms with van der Waals surface area (Å²) < 4.78 is 28.5. The number of hydrogen-bond acceptors (Lipinski definition) is 4. The van der Waals surface area contributed by atoms with Crippen LogP contribution < -0.4 is 4.74 Å². The topological polar surface area (TPSA) is 63.7 Å². The molecule has 1 aromatic carbocycles. The van der Waals surface area contributed by atoms with Gasteiger partial charge in [0, 0.05) is 25.8 Å². The Kier molecular flexibility index (Phi) is 6.87. The number of carbonyl (C=O) groups excluding carboxylic acids is 1. The zero-order valence-electron chi connectivity index (χ0n) is 13.7. The van der Waals surface area contributed by atoms with Crippen LogP contribution in [0.1, 0.15) is 26.7 Å². The molecule has 0 aliphatic rings. The highest BCUT2D eigenvalue weighted by Gasteiger charge is 2.15. The molecular weight excluding hydrogens is 302 g/mol. The molecule has 0 saturated carbocycles. The van der Waals surface area contributed by atoms with Crippen molar-refractivity contribution >= 4 is 15.7 Å². The van der Waals surface area contributed by atoms with Gasteiger partial charge in [0.1, 0.15) is 5.75 Å². The Bertz CT molecular complexity index is 598. The molecule has 1 rings (SSSR count). The molecule has 0 bridgehead atoms. The SMILES string of the molecule is CC[C@@H](C)C(=O)N(C)CCCOc1cccc(S(C)(=O)=O)c1. The van der Waals surface area contributed by atoms with Crippen molar-refractivity contribution in [2.45, 2.75) is 31.6 Å². The van der Waals surface area contributed by atoms with Crippen LogP contribution in [-0.4, -0.2) is 45.7 Å². The second-order valence-corrected chi connectivity index (χ2v) is 7.53. The molecule has 6 heteroatoms. The van der Waals surface area contributed by atoms with E-state index in [9.17, 15) is 13.2 Å². The van der Waals surface area contributed by atoms with E-state index in [0.29, 0.717) is 25.3 Å². The van der Waals surface area contributed by atoms with E-state index in [1.165, 1.54) is 12.3 Å². The summed E-state index contributed by atoms with van der Waals surface area (Å²) in [6.07, 6.45) is 2.70. The van der Waals surface area contributed by atoms with Crippen molar-refractivity contribution in [1.82, 2.24) is 4.90 Å². The Morgan fingerprint density at radius 2 is 2.05 bits per heavy atom. The summed E-state index contributed by atoms with van der Waals surface area (Å²) >= 11 is 0. The van der Waals surface area contributed by atoms with Gasteiger partial charge in [-0.25, -0.2) is 8.42 Å². The van der Waals surface area contributed by atoms with Crippen molar-refractivity contribution < 1.29 is 17.9 Å². The molecule has 0 unspecified atom stereocenters. The molecule has 1 aromatic rings. The Labute approximate surface area is 133 Å². The van der Waals surface area contributed by atoms with E-state index >= 15 is 0 Å². The van der Waals surface area contributed by atoms with Crippen molar-refractivity contribution in [3.05, 3.63) is 24.3 Å². The van der Waals surface area contributed by atoms with Crippen LogP contribution in [0.5, 0.6) is 5.75 Å². The third-order valence-corrected chi connectivity index (χ3v) is 4.66. The molecule has 0 spiro atoms. The summed E-state index contributed by atoms with van der Waals surface area (Å²) in [5.41, 5.74) is 0. The molecule has 1 atom stereocenters. The average Bonchev–Trinajstić information content (AvgIpc) is 2.49. The van der Waals surface area contributed by atoms with E-state index in [2.05, 4.69) is 0 Å². The molecule has 22 heavy (non-hydrogen) atoms. The summed E-state index contributed by atoms with van der Waals surface area (Å²) in [6, 6.07) is 6.44. The Morgan fingerprint density at radius 3 is 2.64 bits per heavy atom. The second-order valence-electron chi connectivity index (χ2n) is 5.52. The van der Waals surface area contributed by atoms with Crippen molar-refractivity contribution in [1.29, 1.82) is 0 Å². The van der Waals surface area contributed by atoms with Crippen LogP contribution in [0.4, 0.5) is 0 Å². The van der Waals surface area contributed by atoms with Gasteiger partial charge in [0.2, 0.25) is 5.91 Å². The maximum atomic E-state index is 11.9. The molecule has 0 aromatic heterocycles. The minimum Gasteiger partial charge on any atom is -0.493 e. The van der Waals surface area contributed by atoms with Gasteiger partial charge in [0.15, 0.2) is 9.84 Å². The lowest BCUT2D eigenvalue weighted by molar-refractivity contribution is -0.133. The van der Waals surface area contributed by atoms with Gasteiger partial charge in [-0.15, -0.1) is 0 Å². The van der Waals surface area contributed by atoms with E-state index in [1.807, 2.05) is 13.8 Å². The van der Waals surface area contributed by atoms with Crippen LogP contribution in [0.3, 0.4) is 0 Å². The standard InChI is InChI=1S/C16H25NO4S/c1-5-13(2)16(18)17(3)10-7-11-21-14-8-6-9-15(12-14)22(4,19)20/h6,8-9,12-13H,5,7,10-11H2,1-4H3/t13-/m1/s1. The van der Waals surface area contributed by atoms with Crippen molar-refractivity contribution in [3.63, 3.8) is 0 Å². The fourth-order valence-electron chi connectivity index (χ4n) is 1.95. The lowest BCUT2D eigenvalue weighted by Gasteiger charge is -2.20. The number of benzene rings is 1. The lowest BCUT2D eigenvalue weighted by Crippen LogP contribution is -2.32. The number of amides is 1. The zero-order valence-corrected chi connectivity index (χ0v) is 14.5. The van der Waals surface area contributed by atoms with E-state index in [0.717, 1.165) is 6.42 Å². The van der Waals surface area contributed by atoms with E-state index in [1.54, 1.807) is 30.1 Å². The highest BCUT2D eigenvalue weighted by Crippen LogP contribution is 2.17.